The highest BCUT2D eigenvalue weighted by Gasteiger charge is 2.29. The highest BCUT2D eigenvalue weighted by atomic mass is 32.2. The molecule has 0 amide bonds. The van der Waals surface area contributed by atoms with Gasteiger partial charge in [-0.05, 0) is 30.5 Å². The summed E-state index contributed by atoms with van der Waals surface area (Å²) in [5.41, 5.74) is 1.74. The molecule has 1 fully saturated rings. The summed E-state index contributed by atoms with van der Waals surface area (Å²) in [4.78, 5) is 0. The smallest absolute Gasteiger partial charge is 0.236 e. The van der Waals surface area contributed by atoms with E-state index in [-0.39, 0.29) is 5.25 Å². The predicted octanol–water partition coefficient (Wildman–Crippen LogP) is 1.91. The molecule has 1 saturated heterocycles. The molecule has 1 unspecified atom stereocenters. The van der Waals surface area contributed by atoms with Crippen LogP contribution in [0.2, 0.25) is 0 Å². The van der Waals surface area contributed by atoms with Crippen molar-refractivity contribution in [3.63, 3.8) is 0 Å². The zero-order chi connectivity index (χ0) is 13.2. The molecule has 0 bridgehead atoms. The summed E-state index contributed by atoms with van der Waals surface area (Å²) in [7, 11) is -3.28. The van der Waals surface area contributed by atoms with E-state index in [1.807, 2.05) is 24.3 Å². The molecule has 0 saturated carbocycles. The second kappa shape index (κ2) is 5.28. The van der Waals surface area contributed by atoms with Crippen molar-refractivity contribution in [3.05, 3.63) is 29.8 Å². The van der Waals surface area contributed by atoms with Gasteiger partial charge >= 0.3 is 0 Å². The van der Waals surface area contributed by atoms with Crippen LogP contribution in [0, 0.1) is 0 Å². The van der Waals surface area contributed by atoms with Crippen LogP contribution in [0.1, 0.15) is 31.7 Å². The largest absolute Gasteiger partial charge is 0.315 e. The SMILES string of the molecule is CC(C)c1ccccc1NS(=O)(=O)C1CCNC1. The molecule has 1 aliphatic heterocycles. The number of hydrogen-bond acceptors (Lipinski definition) is 3. The Morgan fingerprint density at radius 3 is 2.67 bits per heavy atom. The Labute approximate surface area is 109 Å². The molecule has 1 atom stereocenters. The van der Waals surface area contributed by atoms with E-state index < -0.39 is 10.0 Å². The molecule has 1 aliphatic rings. The molecule has 0 radical (unpaired) electrons. The second-order valence-electron chi connectivity index (χ2n) is 5.00. The maximum atomic E-state index is 12.2. The average Bonchev–Trinajstić information content (AvgIpc) is 2.83. The van der Waals surface area contributed by atoms with Gasteiger partial charge in [-0.1, -0.05) is 32.0 Å². The van der Waals surface area contributed by atoms with E-state index >= 15 is 0 Å². The van der Waals surface area contributed by atoms with Crippen molar-refractivity contribution < 1.29 is 8.42 Å². The molecule has 18 heavy (non-hydrogen) atoms. The van der Waals surface area contributed by atoms with Gasteiger partial charge in [0.15, 0.2) is 0 Å². The molecule has 1 aromatic rings. The summed E-state index contributed by atoms with van der Waals surface area (Å²) in [6, 6.07) is 7.59. The first-order chi connectivity index (χ1) is 8.50. The van der Waals surface area contributed by atoms with Crippen LogP contribution in [0.3, 0.4) is 0 Å². The van der Waals surface area contributed by atoms with Crippen LogP contribution >= 0.6 is 0 Å². The normalized spacial score (nSPS) is 20.3. The molecule has 0 aromatic heterocycles. The first-order valence-corrected chi connectivity index (χ1v) is 7.86. The second-order valence-corrected chi connectivity index (χ2v) is 6.96. The van der Waals surface area contributed by atoms with Gasteiger partial charge in [-0.3, -0.25) is 4.72 Å². The van der Waals surface area contributed by atoms with Crippen molar-refractivity contribution >= 4 is 15.7 Å². The van der Waals surface area contributed by atoms with E-state index in [0.29, 0.717) is 24.6 Å². The molecular weight excluding hydrogens is 248 g/mol. The van der Waals surface area contributed by atoms with E-state index in [4.69, 9.17) is 0 Å². The van der Waals surface area contributed by atoms with Gasteiger partial charge < -0.3 is 5.32 Å². The van der Waals surface area contributed by atoms with Gasteiger partial charge in [0.25, 0.3) is 0 Å². The van der Waals surface area contributed by atoms with Gasteiger partial charge in [-0.2, -0.15) is 0 Å². The Morgan fingerprint density at radius 2 is 2.06 bits per heavy atom. The Hall–Kier alpha value is -1.07. The van der Waals surface area contributed by atoms with Gasteiger partial charge in [0, 0.05) is 6.54 Å². The summed E-state index contributed by atoms with van der Waals surface area (Å²) < 4.78 is 27.2. The minimum Gasteiger partial charge on any atom is -0.315 e. The average molecular weight is 268 g/mol. The lowest BCUT2D eigenvalue weighted by molar-refractivity contribution is 0.588. The van der Waals surface area contributed by atoms with Gasteiger partial charge in [0.05, 0.1) is 10.9 Å². The summed E-state index contributed by atoms with van der Waals surface area (Å²) in [6.45, 7) is 5.44. The molecule has 5 heteroatoms. The summed E-state index contributed by atoms with van der Waals surface area (Å²) >= 11 is 0. The molecule has 100 valence electrons. The third-order valence-electron chi connectivity index (χ3n) is 3.29. The number of benzene rings is 1. The third kappa shape index (κ3) is 2.84. The first kappa shape index (κ1) is 13.4. The Morgan fingerprint density at radius 1 is 1.33 bits per heavy atom. The zero-order valence-corrected chi connectivity index (χ0v) is 11.6. The fourth-order valence-electron chi connectivity index (χ4n) is 2.22. The number of para-hydroxylation sites is 1. The van der Waals surface area contributed by atoms with E-state index in [9.17, 15) is 8.42 Å². The van der Waals surface area contributed by atoms with Gasteiger partial charge in [-0.25, -0.2) is 8.42 Å². The van der Waals surface area contributed by atoms with Crippen molar-refractivity contribution in [2.75, 3.05) is 17.8 Å². The lowest BCUT2D eigenvalue weighted by Gasteiger charge is -2.17. The van der Waals surface area contributed by atoms with E-state index in [1.165, 1.54) is 0 Å². The molecule has 1 heterocycles. The van der Waals surface area contributed by atoms with Crippen molar-refractivity contribution in [1.82, 2.24) is 5.32 Å². The number of nitrogens with one attached hydrogen (secondary N) is 2. The third-order valence-corrected chi connectivity index (χ3v) is 5.07. The number of sulfonamides is 1. The van der Waals surface area contributed by atoms with E-state index in [2.05, 4.69) is 23.9 Å². The first-order valence-electron chi connectivity index (χ1n) is 6.32. The van der Waals surface area contributed by atoms with E-state index in [0.717, 1.165) is 12.1 Å². The highest BCUT2D eigenvalue weighted by molar-refractivity contribution is 7.93. The predicted molar refractivity (Wildman–Crippen MR) is 74.3 cm³/mol. The minimum absolute atomic E-state index is 0.297. The Bertz CT molecular complexity index is 505. The van der Waals surface area contributed by atoms with Gasteiger partial charge in [0.2, 0.25) is 10.0 Å². The van der Waals surface area contributed by atoms with Crippen molar-refractivity contribution in [2.45, 2.75) is 31.4 Å². The maximum Gasteiger partial charge on any atom is 0.236 e. The molecule has 4 nitrogen and oxygen atoms in total. The van der Waals surface area contributed by atoms with Gasteiger partial charge in [0.1, 0.15) is 0 Å². The summed E-state index contributed by atoms with van der Waals surface area (Å²) in [6.07, 6.45) is 0.680. The topological polar surface area (TPSA) is 58.2 Å². The van der Waals surface area contributed by atoms with Crippen LogP contribution in [0.25, 0.3) is 0 Å². The molecule has 2 N–H and O–H groups in total. The van der Waals surface area contributed by atoms with Crippen molar-refractivity contribution in [3.8, 4) is 0 Å². The van der Waals surface area contributed by atoms with Gasteiger partial charge in [-0.15, -0.1) is 0 Å². The number of hydrogen-bond donors (Lipinski definition) is 2. The molecule has 0 spiro atoms. The van der Waals surface area contributed by atoms with Crippen LogP contribution in [0.4, 0.5) is 5.69 Å². The number of anilines is 1. The fraction of sp³-hybridized carbons (Fsp3) is 0.538. The quantitative estimate of drug-likeness (QED) is 0.877. The van der Waals surface area contributed by atoms with Crippen LogP contribution in [0.5, 0.6) is 0 Å². The minimum atomic E-state index is -3.28. The monoisotopic (exact) mass is 268 g/mol. The molecule has 0 aliphatic carbocycles. The molecular formula is C13H20N2O2S. The lowest BCUT2D eigenvalue weighted by atomic mass is 10.0. The Balaban J connectivity index is 2.23. The van der Waals surface area contributed by atoms with Crippen LogP contribution in [-0.2, 0) is 10.0 Å². The Kier molecular flexibility index (Phi) is 3.92. The summed E-state index contributed by atoms with van der Waals surface area (Å²) in [5, 5.41) is 2.76. The molecule has 2 rings (SSSR count). The standard InChI is InChI=1S/C13H20N2O2S/c1-10(2)12-5-3-4-6-13(12)15-18(16,17)11-7-8-14-9-11/h3-6,10-11,14-15H,7-9H2,1-2H3. The van der Waals surface area contributed by atoms with Crippen molar-refractivity contribution in [2.24, 2.45) is 0 Å². The molecule has 1 aromatic carbocycles. The number of rotatable bonds is 4. The van der Waals surface area contributed by atoms with Crippen LogP contribution in [-0.4, -0.2) is 26.8 Å². The van der Waals surface area contributed by atoms with Crippen LogP contribution in [0.15, 0.2) is 24.3 Å². The highest BCUT2D eigenvalue weighted by Crippen LogP contribution is 2.25. The van der Waals surface area contributed by atoms with Crippen LogP contribution < -0.4 is 10.0 Å². The zero-order valence-electron chi connectivity index (χ0n) is 10.8. The fourth-order valence-corrected chi connectivity index (χ4v) is 3.65. The summed E-state index contributed by atoms with van der Waals surface area (Å²) in [5.74, 6) is 0.297. The lowest BCUT2D eigenvalue weighted by Crippen LogP contribution is -2.30. The van der Waals surface area contributed by atoms with E-state index in [1.54, 1.807) is 0 Å². The van der Waals surface area contributed by atoms with Crippen molar-refractivity contribution in [1.29, 1.82) is 0 Å². The maximum absolute atomic E-state index is 12.2.